The second-order valence-electron chi connectivity index (χ2n) is 4.89. The molecule has 0 fully saturated rings. The largest absolute Gasteiger partial charge is 0.454 e. The first-order valence-corrected chi connectivity index (χ1v) is 5.78. The molecule has 0 aromatic carbocycles. The third-order valence-electron chi connectivity index (χ3n) is 2.22. The Morgan fingerprint density at radius 2 is 1.72 bits per heavy atom. The summed E-state index contributed by atoms with van der Waals surface area (Å²) in [7, 11) is 2.54. The zero-order valence-electron chi connectivity index (χ0n) is 12.0. The molecule has 0 aliphatic heterocycles. The number of aliphatic hydroxyl groups is 1. The molecule has 0 radical (unpaired) electrons. The molecule has 1 unspecified atom stereocenters. The summed E-state index contributed by atoms with van der Waals surface area (Å²) < 4.78 is 20.2. The van der Waals surface area contributed by atoms with Crippen molar-refractivity contribution in [3.8, 4) is 0 Å². The van der Waals surface area contributed by atoms with Crippen LogP contribution in [0.4, 0.5) is 0 Å². The van der Waals surface area contributed by atoms with E-state index in [1.165, 1.54) is 21.1 Å². The van der Waals surface area contributed by atoms with Crippen molar-refractivity contribution >= 4 is 5.97 Å². The molecule has 6 heteroatoms. The van der Waals surface area contributed by atoms with Crippen LogP contribution in [0.1, 0.15) is 34.1 Å². The van der Waals surface area contributed by atoms with Gasteiger partial charge in [0.15, 0.2) is 6.10 Å². The second kappa shape index (κ2) is 7.04. The maximum atomic E-state index is 11.0. The van der Waals surface area contributed by atoms with Gasteiger partial charge in [-0.2, -0.15) is 0 Å². The normalized spacial score (nSPS) is 14.4. The monoisotopic (exact) mass is 264 g/mol. The molecular formula is C12H24O6. The average Bonchev–Trinajstić information content (AvgIpc) is 2.24. The number of esters is 1. The van der Waals surface area contributed by atoms with Crippen LogP contribution in [0, 0.1) is 0 Å². The van der Waals surface area contributed by atoms with Crippen LogP contribution >= 0.6 is 0 Å². The zero-order chi connectivity index (χ0) is 14.4. The molecule has 0 amide bonds. The summed E-state index contributed by atoms with van der Waals surface area (Å²) in [5.74, 6) is -2.49. The van der Waals surface area contributed by atoms with Gasteiger partial charge in [-0.05, 0) is 20.8 Å². The van der Waals surface area contributed by atoms with E-state index in [4.69, 9.17) is 18.9 Å². The lowest BCUT2D eigenvalue weighted by Gasteiger charge is -2.32. The Kier molecular flexibility index (Phi) is 6.77. The fourth-order valence-corrected chi connectivity index (χ4v) is 1.33. The molecule has 1 N–H and O–H groups in total. The number of carbonyl (C=O) groups is 1. The maximum absolute atomic E-state index is 11.0. The van der Waals surface area contributed by atoms with Gasteiger partial charge in [0.25, 0.3) is 0 Å². The third-order valence-corrected chi connectivity index (χ3v) is 2.22. The van der Waals surface area contributed by atoms with Gasteiger partial charge in [-0.1, -0.05) is 0 Å². The molecule has 0 heterocycles. The van der Waals surface area contributed by atoms with Crippen LogP contribution in [-0.2, 0) is 23.7 Å². The molecule has 0 aliphatic carbocycles. The molecule has 6 nitrogen and oxygen atoms in total. The van der Waals surface area contributed by atoms with Crippen LogP contribution in [0.2, 0.25) is 0 Å². The van der Waals surface area contributed by atoms with Gasteiger partial charge in [-0.3, -0.25) is 4.79 Å². The Balaban J connectivity index is 4.54. The highest BCUT2D eigenvalue weighted by Crippen LogP contribution is 2.20. The summed E-state index contributed by atoms with van der Waals surface area (Å²) in [5.41, 5.74) is -0.307. The van der Waals surface area contributed by atoms with Crippen LogP contribution in [0.5, 0.6) is 0 Å². The van der Waals surface area contributed by atoms with Gasteiger partial charge in [0.1, 0.15) is 0 Å². The van der Waals surface area contributed by atoms with Crippen molar-refractivity contribution in [1.29, 1.82) is 0 Å². The smallest absolute Gasteiger partial charge is 0.319 e. The van der Waals surface area contributed by atoms with E-state index in [-0.39, 0.29) is 12.0 Å². The molecule has 108 valence electrons. The van der Waals surface area contributed by atoms with Gasteiger partial charge in [0.2, 0.25) is 0 Å². The van der Waals surface area contributed by atoms with E-state index in [1.54, 1.807) is 0 Å². The maximum Gasteiger partial charge on any atom is 0.319 e. The quantitative estimate of drug-likeness (QED) is 0.547. The average molecular weight is 264 g/mol. The Hall–Kier alpha value is -0.690. The Labute approximate surface area is 108 Å². The first kappa shape index (κ1) is 17.3. The molecule has 0 saturated heterocycles. The first-order valence-electron chi connectivity index (χ1n) is 5.78. The fraction of sp³-hybridized carbons (Fsp3) is 0.917. The summed E-state index contributed by atoms with van der Waals surface area (Å²) >= 11 is 0. The predicted molar refractivity (Wildman–Crippen MR) is 64.8 cm³/mol. The summed E-state index contributed by atoms with van der Waals surface area (Å²) in [6, 6.07) is 0. The van der Waals surface area contributed by atoms with Crippen LogP contribution in [-0.4, -0.2) is 49.6 Å². The zero-order valence-corrected chi connectivity index (χ0v) is 12.0. The minimum Gasteiger partial charge on any atom is -0.454 e. The van der Waals surface area contributed by atoms with Gasteiger partial charge in [-0.15, -0.1) is 0 Å². The fourth-order valence-electron chi connectivity index (χ4n) is 1.33. The van der Waals surface area contributed by atoms with Gasteiger partial charge in [-0.25, -0.2) is 0 Å². The molecule has 0 bridgehead atoms. The summed E-state index contributed by atoms with van der Waals surface area (Å²) in [4.78, 5) is 11.0. The van der Waals surface area contributed by atoms with Crippen molar-refractivity contribution in [2.45, 2.75) is 51.8 Å². The molecule has 0 rings (SSSR count). The van der Waals surface area contributed by atoms with Crippen molar-refractivity contribution in [3.05, 3.63) is 0 Å². The third kappa shape index (κ3) is 6.30. The Bertz CT molecular complexity index is 254. The first-order chi connectivity index (χ1) is 8.14. The van der Waals surface area contributed by atoms with E-state index in [2.05, 4.69) is 0 Å². The van der Waals surface area contributed by atoms with Crippen LogP contribution in [0.25, 0.3) is 0 Å². The number of rotatable bonds is 7. The van der Waals surface area contributed by atoms with E-state index in [0.29, 0.717) is 6.61 Å². The van der Waals surface area contributed by atoms with Gasteiger partial charge in [0.05, 0.1) is 12.2 Å². The van der Waals surface area contributed by atoms with Crippen molar-refractivity contribution in [2.75, 3.05) is 20.8 Å². The number of hydrogen-bond donors (Lipinski definition) is 1. The highest BCUT2D eigenvalue weighted by molar-refractivity contribution is 5.66. The second-order valence-corrected chi connectivity index (χ2v) is 4.89. The minimum absolute atomic E-state index is 0.259. The van der Waals surface area contributed by atoms with Crippen LogP contribution in [0.3, 0.4) is 0 Å². The van der Waals surface area contributed by atoms with Gasteiger partial charge < -0.3 is 24.1 Å². The van der Waals surface area contributed by atoms with Crippen molar-refractivity contribution < 1.29 is 28.8 Å². The summed E-state index contributed by atoms with van der Waals surface area (Å²) in [5, 5.41) is 9.99. The molecule has 0 aliphatic rings. The summed E-state index contributed by atoms with van der Waals surface area (Å²) in [6.45, 7) is 7.28. The molecule has 0 saturated carbocycles. The summed E-state index contributed by atoms with van der Waals surface area (Å²) in [6.07, 6.45) is -0.693. The van der Waals surface area contributed by atoms with Crippen molar-refractivity contribution in [3.63, 3.8) is 0 Å². The van der Waals surface area contributed by atoms with E-state index in [1.807, 2.05) is 20.8 Å². The lowest BCUT2D eigenvalue weighted by atomic mass is 10.2. The molecule has 0 aromatic heterocycles. The highest BCUT2D eigenvalue weighted by Gasteiger charge is 2.40. The lowest BCUT2D eigenvalue weighted by Crippen LogP contribution is -2.48. The van der Waals surface area contributed by atoms with E-state index in [0.717, 1.165) is 0 Å². The standard InChI is InChI=1S/C12H24O6/c1-9(13)18-10(12(14,15-5)16-6)7-8-17-11(2,3)4/h10,14H,7-8H2,1-6H3. The highest BCUT2D eigenvalue weighted by atomic mass is 16.8. The molecule has 1 atom stereocenters. The lowest BCUT2D eigenvalue weighted by molar-refractivity contribution is -0.380. The van der Waals surface area contributed by atoms with Crippen molar-refractivity contribution in [2.24, 2.45) is 0 Å². The number of hydrogen-bond acceptors (Lipinski definition) is 6. The van der Waals surface area contributed by atoms with Crippen LogP contribution < -0.4 is 0 Å². The van der Waals surface area contributed by atoms with Crippen LogP contribution in [0.15, 0.2) is 0 Å². The van der Waals surface area contributed by atoms with E-state index in [9.17, 15) is 9.90 Å². The molecule has 18 heavy (non-hydrogen) atoms. The van der Waals surface area contributed by atoms with Gasteiger partial charge in [0, 0.05) is 27.6 Å². The van der Waals surface area contributed by atoms with E-state index < -0.39 is 18.0 Å². The van der Waals surface area contributed by atoms with Crippen molar-refractivity contribution in [1.82, 2.24) is 0 Å². The van der Waals surface area contributed by atoms with E-state index >= 15 is 0 Å². The Morgan fingerprint density at radius 1 is 1.22 bits per heavy atom. The molecule has 0 spiro atoms. The number of ether oxygens (including phenoxy) is 4. The SMILES string of the molecule is COC(O)(OC)C(CCOC(C)(C)C)OC(C)=O. The predicted octanol–water partition coefficient (Wildman–Crippen LogP) is 1.06. The number of carbonyl (C=O) groups excluding carboxylic acids is 1. The van der Waals surface area contributed by atoms with Gasteiger partial charge >= 0.3 is 11.9 Å². The number of methoxy groups -OCH3 is 2. The topological polar surface area (TPSA) is 74.2 Å². The minimum atomic E-state index is -1.97. The Morgan fingerprint density at radius 3 is 2.06 bits per heavy atom. The molecular weight excluding hydrogens is 240 g/mol. The molecule has 0 aromatic rings.